The van der Waals surface area contributed by atoms with Gasteiger partial charge in [0.15, 0.2) is 11.5 Å². The Labute approximate surface area is 579 Å². The number of pyridine rings is 1. The highest BCUT2D eigenvalue weighted by atomic mass is 16.3. The van der Waals surface area contributed by atoms with Gasteiger partial charge in [-0.3, -0.25) is 4.98 Å². The van der Waals surface area contributed by atoms with Gasteiger partial charge in [0.05, 0.1) is 5.52 Å². The minimum Gasteiger partial charge on any atom is -0.440 e. The molecule has 2 aliphatic rings. The number of nitrogens with zero attached hydrogens (tertiary/aromatic N) is 5. The van der Waals surface area contributed by atoms with Crippen LogP contribution in [-0.4, -0.2) is 39.7 Å². The number of oxazole rings is 1. The summed E-state index contributed by atoms with van der Waals surface area (Å²) in [5, 5.41) is 2.59. The summed E-state index contributed by atoms with van der Waals surface area (Å²) in [6, 6.07) is 51.0. The Bertz CT molecular complexity index is 3860. The van der Waals surface area contributed by atoms with Crippen molar-refractivity contribution in [2.45, 2.75) is 295 Å². The highest BCUT2D eigenvalue weighted by Gasteiger charge is 2.26. The van der Waals surface area contributed by atoms with Gasteiger partial charge in [-0.2, -0.15) is 0 Å². The molecular formula is C89H129N5O. The van der Waals surface area contributed by atoms with Crippen molar-refractivity contribution in [1.29, 1.82) is 0 Å². The molecule has 0 aliphatic carbocycles. The summed E-state index contributed by atoms with van der Waals surface area (Å²) in [6.45, 7) is 69.5. The van der Waals surface area contributed by atoms with E-state index in [0.717, 1.165) is 22.5 Å². The standard InChI is InChI=1S/C16H21N.C16H25N.C15H23N.C14H19NO.C14H19N.C14H22/c1-11(2)14-8-6-12-10-13(16(3,4)5)7-9-15(12)17-14;1-12(2)17-10-6-7-13-11-14(16(3,4)5)8-9-15(13)17;1-11(2)16-9-8-12-10-13(15(3,4)5)6-7-14(12)16;1-9(2)13-15-11-8-10(14(3,4)5)6-7-12(11)16-13;1-10(2)12-5-6-14-13(9-12)7-8-15(14)11(3)4;1-13(2,3)11-7-9-12(10-8-11)14(4,5)6/h6-11H,1-5H3;8-9,11-12H,6-7,10H2,1-5H3;6-7,10-11H,8-9H2,1-5H3;6-9H,1-5H3;5-11H,1-4H3;7-10H,1-6H3. The van der Waals surface area contributed by atoms with Crippen LogP contribution in [0, 0.1) is 0 Å². The zero-order chi connectivity index (χ0) is 71.1. The molecule has 0 saturated carbocycles. The zero-order valence-corrected chi connectivity index (χ0v) is 65.4. The number of benzene rings is 6. The molecule has 95 heavy (non-hydrogen) atoms. The molecule has 516 valence electrons. The molecule has 0 fully saturated rings. The monoisotopic (exact) mass is 1280 g/mol. The molecule has 6 heteroatoms. The lowest BCUT2D eigenvalue weighted by Gasteiger charge is -2.35. The molecule has 0 N–H and O–H groups in total. The second-order valence-corrected chi connectivity index (χ2v) is 35.2. The van der Waals surface area contributed by atoms with Crippen LogP contribution in [0.15, 0.2) is 144 Å². The van der Waals surface area contributed by atoms with Gasteiger partial charge < -0.3 is 18.8 Å². The molecule has 5 heterocycles. The summed E-state index contributed by atoms with van der Waals surface area (Å²) < 4.78 is 8.00. The number of aryl methyl sites for hydroxylation is 1. The summed E-state index contributed by atoms with van der Waals surface area (Å²) in [4.78, 5) is 14.3. The highest BCUT2D eigenvalue weighted by Crippen LogP contribution is 2.37. The molecule has 3 aromatic heterocycles. The fourth-order valence-electron chi connectivity index (χ4n) is 12.1. The van der Waals surface area contributed by atoms with E-state index in [-0.39, 0.29) is 32.5 Å². The molecule has 0 bridgehead atoms. The Hall–Kier alpha value is -6.66. The first-order chi connectivity index (χ1) is 43.8. The number of aromatic nitrogens is 3. The van der Waals surface area contributed by atoms with Gasteiger partial charge >= 0.3 is 0 Å². The van der Waals surface area contributed by atoms with Gasteiger partial charge in [-0.1, -0.05) is 239 Å². The highest BCUT2D eigenvalue weighted by molar-refractivity contribution is 5.81. The summed E-state index contributed by atoms with van der Waals surface area (Å²) in [7, 11) is 0. The Balaban J connectivity index is 0.000000181. The first-order valence-corrected chi connectivity index (χ1v) is 36.2. The second-order valence-electron chi connectivity index (χ2n) is 35.2. The first kappa shape index (κ1) is 77.3. The van der Waals surface area contributed by atoms with Crippen molar-refractivity contribution in [2.24, 2.45) is 0 Å². The van der Waals surface area contributed by atoms with Crippen molar-refractivity contribution < 1.29 is 4.42 Å². The van der Waals surface area contributed by atoms with Crippen LogP contribution in [0.3, 0.4) is 0 Å². The molecule has 0 amide bonds. The van der Waals surface area contributed by atoms with E-state index in [1.807, 2.05) is 6.07 Å². The Kier molecular flexibility index (Phi) is 25.4. The number of rotatable bonds is 6. The fraction of sp³-hybridized carbons (Fsp3) is 0.528. The molecule has 0 spiro atoms. The average Bonchev–Trinajstić information content (AvgIpc) is 1.77. The van der Waals surface area contributed by atoms with E-state index < -0.39 is 0 Å². The maximum atomic E-state index is 5.69. The summed E-state index contributed by atoms with van der Waals surface area (Å²) in [6.07, 6.45) is 5.91. The van der Waals surface area contributed by atoms with Gasteiger partial charge in [-0.15, -0.1) is 0 Å². The lowest BCUT2D eigenvalue weighted by Crippen LogP contribution is -2.35. The van der Waals surface area contributed by atoms with Crippen LogP contribution in [0.1, 0.15) is 300 Å². The van der Waals surface area contributed by atoms with Crippen LogP contribution >= 0.6 is 0 Å². The van der Waals surface area contributed by atoms with Crippen molar-refractivity contribution in [3.05, 3.63) is 201 Å². The third-order valence-electron chi connectivity index (χ3n) is 18.7. The van der Waals surface area contributed by atoms with E-state index in [4.69, 9.17) is 9.40 Å². The second kappa shape index (κ2) is 31.3. The van der Waals surface area contributed by atoms with Crippen LogP contribution < -0.4 is 9.80 Å². The van der Waals surface area contributed by atoms with Gasteiger partial charge in [-0.25, -0.2) is 4.98 Å². The normalized spacial score (nSPS) is 13.7. The molecule has 0 unspecified atom stereocenters. The molecular weight excluding hydrogens is 1160 g/mol. The molecule has 6 aromatic carbocycles. The maximum absolute atomic E-state index is 5.69. The summed E-state index contributed by atoms with van der Waals surface area (Å²) >= 11 is 0. The Morgan fingerprint density at radius 3 is 1.27 bits per heavy atom. The van der Waals surface area contributed by atoms with E-state index in [0.29, 0.717) is 35.9 Å². The van der Waals surface area contributed by atoms with Crippen molar-refractivity contribution >= 4 is 44.3 Å². The average molecular weight is 1290 g/mol. The van der Waals surface area contributed by atoms with Crippen LogP contribution in [0.25, 0.3) is 32.9 Å². The molecule has 0 atom stereocenters. The number of hydrogen-bond donors (Lipinski definition) is 0. The number of anilines is 2. The largest absolute Gasteiger partial charge is 0.440 e. The molecule has 2 aliphatic heterocycles. The molecule has 9 aromatic rings. The first-order valence-electron chi connectivity index (χ1n) is 36.2. The Morgan fingerprint density at radius 2 is 0.811 bits per heavy atom. The van der Waals surface area contributed by atoms with Crippen LogP contribution in [0.2, 0.25) is 0 Å². The smallest absolute Gasteiger partial charge is 0.198 e. The van der Waals surface area contributed by atoms with Gasteiger partial charge in [0, 0.05) is 71.3 Å². The predicted molar refractivity (Wildman–Crippen MR) is 419 cm³/mol. The van der Waals surface area contributed by atoms with Crippen molar-refractivity contribution in [3.63, 3.8) is 0 Å². The van der Waals surface area contributed by atoms with E-state index >= 15 is 0 Å². The van der Waals surface area contributed by atoms with Crippen LogP contribution in [-0.2, 0) is 45.3 Å². The van der Waals surface area contributed by atoms with Crippen molar-refractivity contribution in [3.8, 4) is 0 Å². The van der Waals surface area contributed by atoms with Gasteiger partial charge in [0.2, 0.25) is 0 Å². The topological polar surface area (TPSA) is 50.3 Å². The quantitative estimate of drug-likeness (QED) is 0.166. The van der Waals surface area contributed by atoms with E-state index in [9.17, 15) is 0 Å². The third kappa shape index (κ3) is 21.2. The fourth-order valence-corrected chi connectivity index (χ4v) is 12.1. The van der Waals surface area contributed by atoms with Gasteiger partial charge in [0.25, 0.3) is 0 Å². The van der Waals surface area contributed by atoms with Crippen molar-refractivity contribution in [2.75, 3.05) is 22.9 Å². The molecule has 0 saturated heterocycles. The van der Waals surface area contributed by atoms with E-state index in [1.165, 1.54) is 116 Å². The van der Waals surface area contributed by atoms with Crippen LogP contribution in [0.4, 0.5) is 11.4 Å². The van der Waals surface area contributed by atoms with E-state index in [1.54, 1.807) is 0 Å². The van der Waals surface area contributed by atoms with Gasteiger partial charge in [0.1, 0.15) is 5.52 Å². The summed E-state index contributed by atoms with van der Waals surface area (Å²) in [5.41, 5.74) is 22.7. The van der Waals surface area contributed by atoms with Crippen molar-refractivity contribution in [1.82, 2.24) is 14.5 Å². The number of fused-ring (bicyclic) bond motifs is 5. The number of hydrogen-bond acceptors (Lipinski definition) is 5. The molecule has 0 radical (unpaired) electrons. The maximum Gasteiger partial charge on any atom is 0.198 e. The molecule has 11 rings (SSSR count). The lowest BCUT2D eigenvalue weighted by molar-refractivity contribution is 0.501. The molecule has 6 nitrogen and oxygen atoms in total. The Morgan fingerprint density at radius 1 is 0.358 bits per heavy atom. The van der Waals surface area contributed by atoms with Gasteiger partial charge in [-0.05, 0) is 221 Å². The predicted octanol–water partition coefficient (Wildman–Crippen LogP) is 25.4. The summed E-state index contributed by atoms with van der Waals surface area (Å²) in [5.74, 6) is 2.25. The minimum atomic E-state index is 0.158. The third-order valence-corrected chi connectivity index (χ3v) is 18.7. The van der Waals surface area contributed by atoms with Crippen LogP contribution in [0.5, 0.6) is 0 Å². The zero-order valence-electron chi connectivity index (χ0n) is 65.4. The minimum absolute atomic E-state index is 0.158. The SMILES string of the molecule is CC(C)(C)c1ccc(C(C)(C)C)cc1.CC(C)N1CCCc2cc(C(C)(C)C)ccc21.CC(C)N1CCc2cc(C(C)(C)C)ccc21.CC(C)c1ccc2c(ccn2C(C)C)c1.CC(C)c1ccc2cc(C(C)(C)C)ccc2n1.CC(C)c1nc2cc(C(C)(C)C)ccc2o1. The lowest BCUT2D eigenvalue weighted by atomic mass is 9.82. The van der Waals surface area contributed by atoms with E-state index in [2.05, 4.69) is 361 Å².